The molecule has 0 fully saturated rings. The molecule has 0 radical (unpaired) electrons. The van der Waals surface area contributed by atoms with Crippen molar-refractivity contribution in [3.05, 3.63) is 42.7 Å². The Morgan fingerprint density at radius 3 is 2.44 bits per heavy atom. The summed E-state index contributed by atoms with van der Waals surface area (Å²) in [6.07, 6.45) is 3.48. The first kappa shape index (κ1) is 12.6. The van der Waals surface area contributed by atoms with Crippen LogP contribution in [0.3, 0.4) is 0 Å². The summed E-state index contributed by atoms with van der Waals surface area (Å²) in [6.45, 7) is 7.14. The smallest absolute Gasteiger partial charge is 0.159 e. The predicted octanol–water partition coefficient (Wildman–Crippen LogP) is 3.57. The Bertz CT molecular complexity index is 503. The largest absolute Gasteiger partial charge is 0.493 e. The lowest BCUT2D eigenvalue weighted by Crippen LogP contribution is -2.16. The van der Waals surface area contributed by atoms with Gasteiger partial charge in [0, 0.05) is 18.0 Å². The predicted molar refractivity (Wildman–Crippen MR) is 72.4 cm³/mol. The molecule has 2 rings (SSSR count). The van der Waals surface area contributed by atoms with Crippen LogP contribution >= 0.6 is 0 Å². The molecule has 0 unspecified atom stereocenters. The molecule has 0 aliphatic rings. The monoisotopic (exact) mass is 242 g/mol. The molecule has 0 aliphatic carbocycles. The summed E-state index contributed by atoms with van der Waals surface area (Å²) < 4.78 is 5.78. The minimum Gasteiger partial charge on any atom is -0.493 e. The van der Waals surface area contributed by atoms with Crippen LogP contribution in [0, 0.1) is 5.41 Å². The van der Waals surface area contributed by atoms with Crippen molar-refractivity contribution in [1.82, 2.24) is 9.97 Å². The van der Waals surface area contributed by atoms with E-state index in [0.717, 1.165) is 17.1 Å². The van der Waals surface area contributed by atoms with E-state index >= 15 is 0 Å². The summed E-state index contributed by atoms with van der Waals surface area (Å²) in [5.74, 6) is 1.58. The van der Waals surface area contributed by atoms with E-state index in [4.69, 9.17) is 4.74 Å². The molecule has 1 heterocycles. The lowest BCUT2D eigenvalue weighted by atomic mass is 9.99. The summed E-state index contributed by atoms with van der Waals surface area (Å²) in [4.78, 5) is 8.46. The molecule has 18 heavy (non-hydrogen) atoms. The molecule has 0 atom stereocenters. The molecule has 94 valence electrons. The van der Waals surface area contributed by atoms with Crippen LogP contribution in [0.1, 0.15) is 20.8 Å². The zero-order valence-electron chi connectivity index (χ0n) is 11.1. The Morgan fingerprint density at radius 2 is 1.78 bits per heavy atom. The Kier molecular flexibility index (Phi) is 3.60. The fourth-order valence-electron chi connectivity index (χ4n) is 1.47. The van der Waals surface area contributed by atoms with Gasteiger partial charge in [-0.25, -0.2) is 9.97 Å². The lowest BCUT2D eigenvalue weighted by molar-refractivity contribution is 0.198. The van der Waals surface area contributed by atoms with Crippen LogP contribution in [0.2, 0.25) is 0 Å². The molecule has 2 aromatic rings. The van der Waals surface area contributed by atoms with Gasteiger partial charge in [0.2, 0.25) is 0 Å². The standard InChI is InChI=1S/C15H18N2O/c1-15(2,3)11-18-13-7-4-6-12(10-13)14-16-8-5-9-17-14/h4-10H,11H2,1-3H3. The second-order valence-electron chi connectivity index (χ2n) is 5.45. The van der Waals surface area contributed by atoms with Gasteiger partial charge in [0.05, 0.1) is 6.61 Å². The van der Waals surface area contributed by atoms with E-state index < -0.39 is 0 Å². The van der Waals surface area contributed by atoms with E-state index in [-0.39, 0.29) is 5.41 Å². The van der Waals surface area contributed by atoms with Gasteiger partial charge in [-0.1, -0.05) is 32.9 Å². The Labute approximate surface area is 108 Å². The summed E-state index contributed by atoms with van der Waals surface area (Å²) in [6, 6.07) is 9.69. The van der Waals surface area contributed by atoms with Crippen molar-refractivity contribution < 1.29 is 4.74 Å². The third kappa shape index (κ3) is 3.55. The van der Waals surface area contributed by atoms with Crippen LogP contribution in [0.25, 0.3) is 11.4 Å². The number of nitrogens with zero attached hydrogens (tertiary/aromatic N) is 2. The molecule has 3 heteroatoms. The van der Waals surface area contributed by atoms with Gasteiger partial charge in [0.1, 0.15) is 5.75 Å². The number of hydrogen-bond acceptors (Lipinski definition) is 3. The summed E-state index contributed by atoms with van der Waals surface area (Å²) in [5, 5.41) is 0. The van der Waals surface area contributed by atoms with Crippen LogP contribution < -0.4 is 4.74 Å². The van der Waals surface area contributed by atoms with Crippen molar-refractivity contribution in [3.8, 4) is 17.1 Å². The van der Waals surface area contributed by atoms with Crippen molar-refractivity contribution >= 4 is 0 Å². The average molecular weight is 242 g/mol. The van der Waals surface area contributed by atoms with Gasteiger partial charge in [-0.15, -0.1) is 0 Å². The highest BCUT2D eigenvalue weighted by atomic mass is 16.5. The Balaban J connectivity index is 2.16. The van der Waals surface area contributed by atoms with E-state index in [1.807, 2.05) is 30.3 Å². The van der Waals surface area contributed by atoms with Gasteiger partial charge >= 0.3 is 0 Å². The van der Waals surface area contributed by atoms with E-state index in [1.165, 1.54) is 0 Å². The van der Waals surface area contributed by atoms with Crippen LogP contribution in [0.5, 0.6) is 5.75 Å². The van der Waals surface area contributed by atoms with Crippen LogP contribution in [-0.2, 0) is 0 Å². The zero-order valence-corrected chi connectivity index (χ0v) is 11.1. The molecule has 0 N–H and O–H groups in total. The van der Waals surface area contributed by atoms with E-state index in [2.05, 4.69) is 30.7 Å². The maximum absolute atomic E-state index is 5.78. The Hall–Kier alpha value is -1.90. The Morgan fingerprint density at radius 1 is 1.06 bits per heavy atom. The molecule has 0 saturated carbocycles. The van der Waals surface area contributed by atoms with E-state index in [9.17, 15) is 0 Å². The van der Waals surface area contributed by atoms with Crippen molar-refractivity contribution in [2.45, 2.75) is 20.8 Å². The quantitative estimate of drug-likeness (QED) is 0.825. The number of hydrogen-bond donors (Lipinski definition) is 0. The van der Waals surface area contributed by atoms with Crippen LogP contribution in [0.15, 0.2) is 42.7 Å². The van der Waals surface area contributed by atoms with Crippen molar-refractivity contribution in [2.75, 3.05) is 6.61 Å². The third-order valence-corrected chi connectivity index (χ3v) is 2.33. The van der Waals surface area contributed by atoms with Gasteiger partial charge in [-0.05, 0) is 23.6 Å². The highest BCUT2D eigenvalue weighted by molar-refractivity contribution is 5.56. The second kappa shape index (κ2) is 5.17. The first-order chi connectivity index (χ1) is 8.54. The van der Waals surface area contributed by atoms with E-state index in [0.29, 0.717) is 6.61 Å². The minimum atomic E-state index is 0.152. The number of rotatable bonds is 3. The van der Waals surface area contributed by atoms with Crippen molar-refractivity contribution in [3.63, 3.8) is 0 Å². The summed E-state index contributed by atoms with van der Waals surface area (Å²) in [5.41, 5.74) is 1.13. The van der Waals surface area contributed by atoms with Gasteiger partial charge in [0.25, 0.3) is 0 Å². The van der Waals surface area contributed by atoms with Crippen LogP contribution in [0.4, 0.5) is 0 Å². The van der Waals surface area contributed by atoms with Gasteiger partial charge in [-0.3, -0.25) is 0 Å². The van der Waals surface area contributed by atoms with Crippen LogP contribution in [-0.4, -0.2) is 16.6 Å². The fraction of sp³-hybridized carbons (Fsp3) is 0.333. The number of benzene rings is 1. The zero-order chi connectivity index (χ0) is 13.0. The molecule has 0 aliphatic heterocycles. The molecular formula is C15H18N2O. The van der Waals surface area contributed by atoms with Crippen molar-refractivity contribution in [1.29, 1.82) is 0 Å². The topological polar surface area (TPSA) is 35.0 Å². The van der Waals surface area contributed by atoms with E-state index in [1.54, 1.807) is 12.4 Å². The molecular weight excluding hydrogens is 224 g/mol. The average Bonchev–Trinajstić information content (AvgIpc) is 2.37. The normalized spacial score (nSPS) is 11.3. The molecule has 1 aromatic heterocycles. The molecule has 0 saturated heterocycles. The molecule has 0 amide bonds. The summed E-state index contributed by atoms with van der Waals surface area (Å²) >= 11 is 0. The second-order valence-corrected chi connectivity index (χ2v) is 5.45. The fourth-order valence-corrected chi connectivity index (χ4v) is 1.47. The first-order valence-electron chi connectivity index (χ1n) is 6.05. The molecule has 0 bridgehead atoms. The lowest BCUT2D eigenvalue weighted by Gasteiger charge is -2.19. The van der Waals surface area contributed by atoms with Crippen molar-refractivity contribution in [2.24, 2.45) is 5.41 Å². The SMILES string of the molecule is CC(C)(C)COc1cccc(-c2ncccn2)c1. The highest BCUT2D eigenvalue weighted by Crippen LogP contribution is 2.22. The number of aromatic nitrogens is 2. The van der Waals surface area contributed by atoms with Gasteiger partial charge in [-0.2, -0.15) is 0 Å². The maximum atomic E-state index is 5.78. The summed E-state index contributed by atoms with van der Waals surface area (Å²) in [7, 11) is 0. The molecule has 3 nitrogen and oxygen atoms in total. The van der Waals surface area contributed by atoms with Gasteiger partial charge in [0.15, 0.2) is 5.82 Å². The maximum Gasteiger partial charge on any atom is 0.159 e. The molecule has 0 spiro atoms. The van der Waals surface area contributed by atoms with Gasteiger partial charge < -0.3 is 4.74 Å². The minimum absolute atomic E-state index is 0.152. The molecule has 1 aromatic carbocycles. The number of ether oxygens (including phenoxy) is 1. The third-order valence-electron chi connectivity index (χ3n) is 2.33. The highest BCUT2D eigenvalue weighted by Gasteiger charge is 2.11. The first-order valence-corrected chi connectivity index (χ1v) is 6.05.